The Kier molecular flexibility index (Phi) is 6.35. The van der Waals surface area contributed by atoms with Crippen LogP contribution in [0.15, 0.2) is 162 Å². The summed E-state index contributed by atoms with van der Waals surface area (Å²) in [5, 5.41) is 8.02. The molecule has 0 saturated carbocycles. The molecule has 11 rings (SSSR count). The molecule has 0 unspecified atom stereocenters. The molecule has 0 bridgehead atoms. The molecule has 0 N–H and O–H groups in total. The molecule has 0 radical (unpaired) electrons. The van der Waals surface area contributed by atoms with E-state index in [9.17, 15) is 0 Å². The first-order valence-corrected chi connectivity index (χ1v) is 18.0. The Hall–Kier alpha value is -6.76. The lowest BCUT2D eigenvalue weighted by molar-refractivity contribution is 0.669. The van der Waals surface area contributed by atoms with E-state index in [0.29, 0.717) is 17.5 Å². The Morgan fingerprint density at radius 3 is 1.94 bits per heavy atom. The molecular formula is C46H26N4OS. The third-order valence-electron chi connectivity index (χ3n) is 9.92. The van der Waals surface area contributed by atoms with E-state index >= 15 is 0 Å². The fourth-order valence-corrected chi connectivity index (χ4v) is 8.73. The van der Waals surface area contributed by atoms with Gasteiger partial charge in [0.15, 0.2) is 17.5 Å². The Bertz CT molecular complexity index is 3190. The van der Waals surface area contributed by atoms with Gasteiger partial charge >= 0.3 is 0 Å². The molecule has 6 heteroatoms. The number of rotatable bonds is 4. The van der Waals surface area contributed by atoms with Crippen LogP contribution >= 0.6 is 11.3 Å². The van der Waals surface area contributed by atoms with E-state index in [4.69, 9.17) is 24.4 Å². The van der Waals surface area contributed by atoms with Gasteiger partial charge in [0, 0.05) is 63.8 Å². The van der Waals surface area contributed by atoms with Crippen LogP contribution in [0.25, 0.3) is 109 Å². The van der Waals surface area contributed by atoms with Crippen LogP contribution in [0.5, 0.6) is 0 Å². The molecule has 5 nitrogen and oxygen atoms in total. The number of thiophene rings is 1. The number of hydrogen-bond donors (Lipinski definition) is 0. The minimum absolute atomic E-state index is 0.571. The van der Waals surface area contributed by atoms with Gasteiger partial charge in [-0.2, -0.15) is 0 Å². The smallest absolute Gasteiger partial charge is 0.167 e. The van der Waals surface area contributed by atoms with Crippen molar-refractivity contribution in [3.8, 4) is 45.4 Å². The van der Waals surface area contributed by atoms with E-state index in [1.807, 2.05) is 78.1 Å². The van der Waals surface area contributed by atoms with Gasteiger partial charge in [-0.15, -0.1) is 11.3 Å². The molecule has 4 heterocycles. The van der Waals surface area contributed by atoms with Gasteiger partial charge < -0.3 is 4.42 Å². The Balaban J connectivity index is 1.14. The second-order valence-electron chi connectivity index (χ2n) is 13.0. The highest BCUT2D eigenvalue weighted by atomic mass is 32.1. The molecule has 0 saturated heterocycles. The standard InChI is InChI=1S/C46H26N4OS/c1-3-12-27(13-4-1)41-34-24-23-32-36-26-29(22-25-39(36)52-43(32)40(34)33-17-7-9-20-37(33)47-41)45-48-44(28-14-5-2-6-15-28)49-46(50-45)35-19-11-18-31-30-16-8-10-21-38(30)51-42(31)35/h1-26H. The van der Waals surface area contributed by atoms with Gasteiger partial charge in [-0.1, -0.05) is 121 Å². The van der Waals surface area contributed by atoms with Crippen molar-refractivity contribution in [2.75, 3.05) is 0 Å². The van der Waals surface area contributed by atoms with Crippen molar-refractivity contribution in [3.05, 3.63) is 158 Å². The molecule has 242 valence electrons. The maximum atomic E-state index is 6.42. The Morgan fingerprint density at radius 2 is 1.10 bits per heavy atom. The number of hydrogen-bond acceptors (Lipinski definition) is 6. The fraction of sp³-hybridized carbons (Fsp3) is 0. The molecule has 0 atom stereocenters. The van der Waals surface area contributed by atoms with Crippen LogP contribution in [0.1, 0.15) is 0 Å². The van der Waals surface area contributed by atoms with E-state index in [0.717, 1.165) is 66.2 Å². The van der Waals surface area contributed by atoms with Crippen LogP contribution < -0.4 is 0 Å². The topological polar surface area (TPSA) is 64.7 Å². The predicted octanol–water partition coefficient (Wildman–Crippen LogP) is 12.5. The number of aromatic nitrogens is 4. The highest BCUT2D eigenvalue weighted by Crippen LogP contribution is 2.44. The molecule has 0 amide bonds. The summed E-state index contributed by atoms with van der Waals surface area (Å²) in [7, 11) is 0. The van der Waals surface area contributed by atoms with Crippen molar-refractivity contribution < 1.29 is 4.42 Å². The number of pyridine rings is 1. The fourth-order valence-electron chi connectivity index (χ4n) is 7.49. The first kappa shape index (κ1) is 29.0. The van der Waals surface area contributed by atoms with Crippen molar-refractivity contribution in [2.45, 2.75) is 0 Å². The minimum Gasteiger partial charge on any atom is -0.455 e. The predicted molar refractivity (Wildman–Crippen MR) is 215 cm³/mol. The van der Waals surface area contributed by atoms with Gasteiger partial charge in [0.2, 0.25) is 0 Å². The third-order valence-corrected chi connectivity index (χ3v) is 11.1. The van der Waals surface area contributed by atoms with Crippen LogP contribution in [0, 0.1) is 0 Å². The minimum atomic E-state index is 0.571. The largest absolute Gasteiger partial charge is 0.455 e. The highest BCUT2D eigenvalue weighted by molar-refractivity contribution is 7.26. The molecule has 0 aliphatic rings. The second-order valence-corrected chi connectivity index (χ2v) is 14.0. The number of benzene rings is 7. The van der Waals surface area contributed by atoms with Gasteiger partial charge in [0.05, 0.1) is 16.8 Å². The van der Waals surface area contributed by atoms with E-state index in [1.165, 1.54) is 25.6 Å². The Morgan fingerprint density at radius 1 is 0.423 bits per heavy atom. The summed E-state index contributed by atoms with van der Waals surface area (Å²) >= 11 is 1.82. The summed E-state index contributed by atoms with van der Waals surface area (Å²) in [4.78, 5) is 20.4. The first-order valence-electron chi connectivity index (χ1n) is 17.2. The van der Waals surface area contributed by atoms with Gasteiger partial charge in [-0.05, 0) is 36.4 Å². The highest BCUT2D eigenvalue weighted by Gasteiger charge is 2.20. The summed E-state index contributed by atoms with van der Waals surface area (Å²) < 4.78 is 8.88. The van der Waals surface area contributed by atoms with Gasteiger partial charge in [0.25, 0.3) is 0 Å². The van der Waals surface area contributed by atoms with Crippen molar-refractivity contribution >= 4 is 75.1 Å². The molecule has 0 aliphatic carbocycles. The summed E-state index contributed by atoms with van der Waals surface area (Å²) in [6.45, 7) is 0. The Labute approximate surface area is 301 Å². The molecule has 4 aromatic heterocycles. The number of fused-ring (bicyclic) bond motifs is 10. The average molecular weight is 683 g/mol. The van der Waals surface area contributed by atoms with Crippen LogP contribution in [-0.4, -0.2) is 19.9 Å². The first-order chi connectivity index (χ1) is 25.8. The molecule has 0 fully saturated rings. The molecule has 11 aromatic rings. The number of para-hydroxylation sites is 3. The molecule has 52 heavy (non-hydrogen) atoms. The van der Waals surface area contributed by atoms with Gasteiger partial charge in [-0.25, -0.2) is 19.9 Å². The number of nitrogens with zero attached hydrogens (tertiary/aromatic N) is 4. The normalized spacial score (nSPS) is 11.8. The molecule has 7 aromatic carbocycles. The van der Waals surface area contributed by atoms with Gasteiger partial charge in [0.1, 0.15) is 11.2 Å². The summed E-state index contributed by atoms with van der Waals surface area (Å²) in [6, 6.07) is 54.4. The average Bonchev–Trinajstić information content (AvgIpc) is 3.79. The van der Waals surface area contributed by atoms with Crippen LogP contribution in [0.2, 0.25) is 0 Å². The molecule has 0 aliphatic heterocycles. The summed E-state index contributed by atoms with van der Waals surface area (Å²) in [5.41, 5.74) is 7.39. The van der Waals surface area contributed by atoms with Crippen LogP contribution in [0.3, 0.4) is 0 Å². The van der Waals surface area contributed by atoms with Crippen LogP contribution in [-0.2, 0) is 0 Å². The lowest BCUT2D eigenvalue weighted by Gasteiger charge is -2.11. The molecule has 0 spiro atoms. The zero-order valence-electron chi connectivity index (χ0n) is 27.6. The van der Waals surface area contributed by atoms with Crippen LogP contribution in [0.4, 0.5) is 0 Å². The van der Waals surface area contributed by atoms with E-state index < -0.39 is 0 Å². The summed E-state index contributed by atoms with van der Waals surface area (Å²) in [5.74, 6) is 1.80. The van der Waals surface area contributed by atoms with E-state index in [2.05, 4.69) is 91.0 Å². The molecular weight excluding hydrogens is 657 g/mol. The number of furan rings is 1. The SMILES string of the molecule is c1ccc(-c2nc(-c3ccc4sc5c(ccc6c(-c7ccccc7)nc7ccccc7c65)c4c3)nc(-c3cccc4c3oc3ccccc34)n2)cc1. The lowest BCUT2D eigenvalue weighted by atomic mass is 9.98. The lowest BCUT2D eigenvalue weighted by Crippen LogP contribution is -2.00. The van der Waals surface area contributed by atoms with Crippen molar-refractivity contribution in [3.63, 3.8) is 0 Å². The van der Waals surface area contributed by atoms with Crippen molar-refractivity contribution in [2.24, 2.45) is 0 Å². The van der Waals surface area contributed by atoms with E-state index in [1.54, 1.807) is 0 Å². The van der Waals surface area contributed by atoms with E-state index in [-0.39, 0.29) is 0 Å². The quantitative estimate of drug-likeness (QED) is 0.173. The summed E-state index contributed by atoms with van der Waals surface area (Å²) in [6.07, 6.45) is 0. The van der Waals surface area contributed by atoms with Crippen molar-refractivity contribution in [1.29, 1.82) is 0 Å². The van der Waals surface area contributed by atoms with Crippen molar-refractivity contribution in [1.82, 2.24) is 19.9 Å². The second kappa shape index (κ2) is 11.4. The maximum absolute atomic E-state index is 6.42. The zero-order valence-corrected chi connectivity index (χ0v) is 28.4. The van der Waals surface area contributed by atoms with Gasteiger partial charge in [-0.3, -0.25) is 0 Å². The monoisotopic (exact) mass is 682 g/mol. The third kappa shape index (κ3) is 4.48. The zero-order chi connectivity index (χ0) is 34.2. The maximum Gasteiger partial charge on any atom is 0.167 e.